The van der Waals surface area contributed by atoms with Gasteiger partial charge in [0.05, 0.1) is 24.0 Å². The van der Waals surface area contributed by atoms with Crippen molar-refractivity contribution in [2.45, 2.75) is 126 Å². The summed E-state index contributed by atoms with van der Waals surface area (Å²) >= 11 is 1.40. The summed E-state index contributed by atoms with van der Waals surface area (Å²) in [7, 11) is -3.89. The fourth-order valence-corrected chi connectivity index (χ4v) is 9.76. The highest BCUT2D eigenvalue weighted by Crippen LogP contribution is 2.46. The van der Waals surface area contributed by atoms with Crippen LogP contribution in [0, 0.1) is 11.7 Å². The number of halogens is 1. The van der Waals surface area contributed by atoms with Crippen LogP contribution in [-0.2, 0) is 47.6 Å². The van der Waals surface area contributed by atoms with Gasteiger partial charge in [-0.05, 0) is 50.2 Å². The van der Waals surface area contributed by atoms with Gasteiger partial charge in [-0.25, -0.2) is 22.6 Å². The van der Waals surface area contributed by atoms with Gasteiger partial charge in [0.2, 0.25) is 21.8 Å². The molecule has 5 atom stereocenters. The van der Waals surface area contributed by atoms with Crippen LogP contribution in [0.5, 0.6) is 0 Å². The Kier molecular flexibility index (Phi) is 10.1. The lowest BCUT2D eigenvalue weighted by molar-refractivity contribution is -0.140. The maximum absolute atomic E-state index is 14.6. The number of amides is 4. The summed E-state index contributed by atoms with van der Waals surface area (Å²) in [6, 6.07) is 2.81. The minimum Gasteiger partial charge on any atom is -0.444 e. The third kappa shape index (κ3) is 7.94. The van der Waals surface area contributed by atoms with Gasteiger partial charge in [-0.2, -0.15) is 0 Å². The van der Waals surface area contributed by atoms with Gasteiger partial charge in [-0.15, -0.1) is 11.3 Å². The number of carbonyl (C=O) groups is 4. The number of anilines is 1. The number of ether oxygens (including phenoxy) is 1. The quantitative estimate of drug-likeness (QED) is 0.359. The van der Waals surface area contributed by atoms with E-state index in [9.17, 15) is 32.0 Å². The first kappa shape index (κ1) is 37.3. The Hall–Kier alpha value is -4.05. The van der Waals surface area contributed by atoms with Gasteiger partial charge in [0.1, 0.15) is 29.5 Å². The number of allylic oxidation sites excluding steroid dienone is 1. The normalized spacial score (nSPS) is 28.5. The third-order valence-corrected chi connectivity index (χ3v) is 13.5. The van der Waals surface area contributed by atoms with Crippen LogP contribution in [0.1, 0.15) is 95.4 Å². The van der Waals surface area contributed by atoms with Gasteiger partial charge in [0.25, 0.3) is 5.91 Å². The zero-order valence-corrected chi connectivity index (χ0v) is 31.9. The Morgan fingerprint density at radius 3 is 2.62 bits per heavy atom. The second-order valence-corrected chi connectivity index (χ2v) is 18.8. The number of nitrogens with one attached hydrogen (secondary N) is 3. The number of carbonyl (C=O) groups excluding carboxylic acids is 4. The number of benzene rings is 1. The molecule has 13 nitrogen and oxygen atoms in total. The van der Waals surface area contributed by atoms with E-state index >= 15 is 0 Å². The molecule has 3 fully saturated rings. The maximum atomic E-state index is 14.6. The van der Waals surface area contributed by atoms with Crippen LogP contribution in [0.25, 0.3) is 0 Å². The van der Waals surface area contributed by atoms with E-state index in [0.717, 1.165) is 31.4 Å². The number of nitrogens with zero attached hydrogens (tertiary/aromatic N) is 3. The van der Waals surface area contributed by atoms with E-state index in [1.807, 2.05) is 17.5 Å². The molecule has 4 heterocycles. The monoisotopic (exact) mass is 770 g/mol. The van der Waals surface area contributed by atoms with Crippen molar-refractivity contribution in [1.82, 2.24) is 24.8 Å². The van der Waals surface area contributed by atoms with Crippen LogP contribution in [0.3, 0.4) is 0 Å². The molecule has 2 saturated carbocycles. The summed E-state index contributed by atoms with van der Waals surface area (Å²) in [5, 5.41) is 8.09. The predicted molar refractivity (Wildman–Crippen MR) is 196 cm³/mol. The average molecular weight is 771 g/mol. The first-order chi connectivity index (χ1) is 25.1. The molecule has 0 bridgehead atoms. The van der Waals surface area contributed by atoms with Crippen LogP contribution in [0.4, 0.5) is 14.3 Å². The Labute approximate surface area is 313 Å². The fourth-order valence-electron chi connectivity index (χ4n) is 7.41. The number of fused-ring (bicyclic) bond motifs is 3. The molecule has 4 amide bonds. The highest BCUT2D eigenvalue weighted by atomic mass is 32.2. The van der Waals surface area contributed by atoms with E-state index in [1.165, 1.54) is 27.2 Å². The molecule has 1 aromatic heterocycles. The van der Waals surface area contributed by atoms with E-state index < -0.39 is 68.6 Å². The lowest BCUT2D eigenvalue weighted by Crippen LogP contribution is -2.57. The highest BCUT2D eigenvalue weighted by Gasteiger charge is 2.62. The van der Waals surface area contributed by atoms with Crippen LogP contribution in [-0.4, -0.2) is 82.5 Å². The van der Waals surface area contributed by atoms with E-state index in [1.54, 1.807) is 12.1 Å². The van der Waals surface area contributed by atoms with Crippen LogP contribution < -0.4 is 15.4 Å². The summed E-state index contributed by atoms with van der Waals surface area (Å²) in [5.74, 6) is -2.65. The van der Waals surface area contributed by atoms with E-state index in [4.69, 9.17) is 9.72 Å². The van der Waals surface area contributed by atoms with Crippen LogP contribution in [0.15, 0.2) is 35.7 Å². The second kappa shape index (κ2) is 14.3. The van der Waals surface area contributed by atoms with Crippen molar-refractivity contribution in [2.75, 3.05) is 11.9 Å². The van der Waals surface area contributed by atoms with E-state index in [2.05, 4.69) is 36.1 Å². The molecule has 3 N–H and O–H groups in total. The van der Waals surface area contributed by atoms with Gasteiger partial charge < -0.3 is 20.3 Å². The topological polar surface area (TPSA) is 167 Å². The first-order valence-corrected chi connectivity index (χ1v) is 20.9. The predicted octanol–water partition coefficient (Wildman–Crippen LogP) is 4.49. The van der Waals surface area contributed by atoms with Crippen molar-refractivity contribution in [3.8, 4) is 0 Å². The molecule has 16 heteroatoms. The number of thiazole rings is 1. The zero-order chi connectivity index (χ0) is 37.7. The standard InChI is InChI=1S/C37H47FN6O7S2/c1-36(2,3)30-21-52-34(40-30)39-28-13-8-6-4-5-7-11-23-17-37(23,33(47)42-53(49,50)25-14-15-25)41-31(45)29-16-24(19-44(29)32(28)46)51-35(48)43-18-22-10-9-12-27(38)26(22)20-43/h7,9-12,21,23-25,28-29H,4-6,8,13-20H2,1-3H3,(H,39,40)(H,41,45)(H,42,47)/b11-7-/t23?,24?,28?,29?,37-/m0/s1. The molecular formula is C37H47FN6O7S2. The maximum Gasteiger partial charge on any atom is 0.410 e. The molecule has 2 aromatic rings. The molecule has 7 rings (SSSR count). The SMILES string of the molecule is CC(C)(C)c1csc(NC2CCCCC/C=C\C3C[C@]3(C(=O)NS(=O)(=O)C3CC3)NC(=O)C3CC(OC(=O)N4Cc5cccc(F)c5C4)CN3C2=O)n1. The van der Waals surface area contributed by atoms with Gasteiger partial charge in [0.15, 0.2) is 5.13 Å². The van der Waals surface area contributed by atoms with Crippen molar-refractivity contribution < 1.29 is 36.7 Å². The zero-order valence-electron chi connectivity index (χ0n) is 30.2. The molecular weight excluding hydrogens is 724 g/mol. The molecule has 0 radical (unpaired) electrons. The van der Waals surface area contributed by atoms with Crippen molar-refractivity contribution >= 4 is 50.3 Å². The van der Waals surface area contributed by atoms with Gasteiger partial charge >= 0.3 is 6.09 Å². The van der Waals surface area contributed by atoms with Crippen molar-refractivity contribution in [1.29, 1.82) is 0 Å². The van der Waals surface area contributed by atoms with Crippen molar-refractivity contribution in [3.05, 3.63) is 58.4 Å². The van der Waals surface area contributed by atoms with E-state index in [-0.39, 0.29) is 43.8 Å². The van der Waals surface area contributed by atoms with Crippen molar-refractivity contribution in [3.63, 3.8) is 0 Å². The Balaban J connectivity index is 1.15. The summed E-state index contributed by atoms with van der Waals surface area (Å²) in [4.78, 5) is 63.5. The average Bonchev–Trinajstić information content (AvgIpc) is 3.88. The highest BCUT2D eigenvalue weighted by molar-refractivity contribution is 7.91. The van der Waals surface area contributed by atoms with Crippen LogP contribution >= 0.6 is 11.3 Å². The minimum atomic E-state index is -3.89. The number of hydrogen-bond acceptors (Lipinski definition) is 10. The van der Waals surface area contributed by atoms with Crippen molar-refractivity contribution in [2.24, 2.45) is 5.92 Å². The number of aromatic nitrogens is 1. The lowest BCUT2D eigenvalue weighted by atomic mass is 9.93. The number of hydrogen-bond donors (Lipinski definition) is 3. The smallest absolute Gasteiger partial charge is 0.410 e. The second-order valence-electron chi connectivity index (χ2n) is 16.0. The summed E-state index contributed by atoms with van der Waals surface area (Å²) in [6.45, 7) is 6.28. The molecule has 286 valence electrons. The van der Waals surface area contributed by atoms with Gasteiger partial charge in [-0.3, -0.25) is 24.0 Å². The first-order valence-electron chi connectivity index (χ1n) is 18.4. The Bertz CT molecular complexity index is 1920. The molecule has 1 aromatic carbocycles. The summed E-state index contributed by atoms with van der Waals surface area (Å²) in [5.41, 5.74) is 0.272. The number of sulfonamides is 1. The summed E-state index contributed by atoms with van der Waals surface area (Å²) < 4.78 is 48.2. The lowest BCUT2D eigenvalue weighted by Gasteiger charge is -2.30. The van der Waals surface area contributed by atoms with E-state index in [0.29, 0.717) is 35.5 Å². The molecule has 5 aliphatic rings. The largest absolute Gasteiger partial charge is 0.444 e. The molecule has 3 aliphatic heterocycles. The molecule has 4 unspecified atom stereocenters. The molecule has 0 spiro atoms. The molecule has 1 saturated heterocycles. The number of rotatable bonds is 6. The Morgan fingerprint density at radius 1 is 1.11 bits per heavy atom. The van der Waals surface area contributed by atoms with Gasteiger partial charge in [-0.1, -0.05) is 57.9 Å². The minimum absolute atomic E-state index is 0.0345. The fraction of sp³-hybridized carbons (Fsp3) is 0.595. The molecule has 53 heavy (non-hydrogen) atoms. The third-order valence-electron chi connectivity index (χ3n) is 10.9. The molecule has 2 aliphatic carbocycles. The Morgan fingerprint density at radius 2 is 1.91 bits per heavy atom. The van der Waals surface area contributed by atoms with Gasteiger partial charge in [0, 0.05) is 35.2 Å². The van der Waals surface area contributed by atoms with Crippen LogP contribution in [0.2, 0.25) is 0 Å². The summed E-state index contributed by atoms with van der Waals surface area (Å²) in [6.07, 6.45) is 6.94.